The summed E-state index contributed by atoms with van der Waals surface area (Å²) in [6, 6.07) is 15.7. The Kier molecular flexibility index (Phi) is 5.98. The molecule has 1 saturated carbocycles. The number of nitrogens with zero attached hydrogens (tertiary/aromatic N) is 1. The lowest BCUT2D eigenvalue weighted by molar-refractivity contribution is -0.131. The summed E-state index contributed by atoms with van der Waals surface area (Å²) in [5.74, 6) is 0.152. The molecule has 1 aromatic heterocycles. The van der Waals surface area contributed by atoms with Crippen LogP contribution in [0.2, 0.25) is 10.0 Å². The third-order valence-corrected chi connectivity index (χ3v) is 8.44. The Morgan fingerprint density at radius 1 is 1.15 bits per heavy atom. The fourth-order valence-electron chi connectivity index (χ4n) is 6.27. The van der Waals surface area contributed by atoms with Gasteiger partial charge in [0.2, 0.25) is 5.91 Å². The van der Waals surface area contributed by atoms with Gasteiger partial charge in [0.15, 0.2) is 0 Å². The van der Waals surface area contributed by atoms with Crippen molar-refractivity contribution < 1.29 is 9.90 Å². The van der Waals surface area contributed by atoms with Crippen LogP contribution < -0.4 is 5.32 Å². The molecule has 1 aliphatic carbocycles. The zero-order chi connectivity index (χ0) is 23.2. The standard InChI is InChI=1S/C26H27Cl2N3O2/c1-2-26-11-9-19(18-8-5-16(13-20(18)28)21-10-12-29-31-21)23(15-3-6-17(27)7-4-15)24(26)22(14-32)30-25(26)33/h3-8,10,12-13,19,22-24,32H,2,9,11,14H2,1H3,(H,29,31)(H,30,33)/t19-,22+,23-,24-,26+/m0/s1. The van der Waals surface area contributed by atoms with Gasteiger partial charge >= 0.3 is 0 Å². The van der Waals surface area contributed by atoms with Crippen molar-refractivity contribution in [2.45, 2.75) is 44.1 Å². The van der Waals surface area contributed by atoms with Crippen LogP contribution in [0.25, 0.3) is 11.3 Å². The first-order chi connectivity index (χ1) is 16.0. The topological polar surface area (TPSA) is 78.0 Å². The molecule has 3 aromatic rings. The number of carbonyl (C=O) groups excluding carboxylic acids is 1. The molecule has 33 heavy (non-hydrogen) atoms. The number of fused-ring (bicyclic) bond motifs is 1. The van der Waals surface area contributed by atoms with E-state index in [1.54, 1.807) is 6.20 Å². The van der Waals surface area contributed by atoms with Gasteiger partial charge in [-0.05, 0) is 66.5 Å². The molecule has 3 N–H and O–H groups in total. The Morgan fingerprint density at radius 2 is 1.94 bits per heavy atom. The van der Waals surface area contributed by atoms with Crippen LogP contribution in [0.4, 0.5) is 0 Å². The van der Waals surface area contributed by atoms with E-state index in [4.69, 9.17) is 23.2 Å². The molecule has 2 aromatic carbocycles. The number of carbonyl (C=O) groups is 1. The maximum absolute atomic E-state index is 13.2. The van der Waals surface area contributed by atoms with E-state index >= 15 is 0 Å². The van der Waals surface area contributed by atoms with E-state index in [0.29, 0.717) is 10.0 Å². The monoisotopic (exact) mass is 483 g/mol. The summed E-state index contributed by atoms with van der Waals surface area (Å²) in [4.78, 5) is 13.2. The highest BCUT2D eigenvalue weighted by molar-refractivity contribution is 6.31. The SMILES string of the molecule is CC[C@@]12CC[C@@H](c3ccc(-c4ccn[nH]4)cc3Cl)[C@H](c3ccc(Cl)cc3)[C@@H]1[C@@H](CO)NC2=O. The van der Waals surface area contributed by atoms with Gasteiger partial charge in [0.1, 0.15) is 0 Å². The molecule has 0 radical (unpaired) electrons. The molecule has 0 unspecified atom stereocenters. The number of hydrogen-bond acceptors (Lipinski definition) is 3. The number of aromatic nitrogens is 2. The van der Waals surface area contributed by atoms with Crippen LogP contribution in [0.5, 0.6) is 0 Å². The van der Waals surface area contributed by atoms with Gasteiger partial charge in [-0.3, -0.25) is 9.89 Å². The number of halogens is 2. The lowest BCUT2D eigenvalue weighted by Crippen LogP contribution is -2.45. The molecule has 0 bridgehead atoms. The van der Waals surface area contributed by atoms with Crippen molar-refractivity contribution in [1.29, 1.82) is 0 Å². The number of benzene rings is 2. The third-order valence-electron chi connectivity index (χ3n) is 7.86. The van der Waals surface area contributed by atoms with E-state index in [1.807, 2.05) is 24.3 Å². The molecule has 2 heterocycles. The predicted molar refractivity (Wildman–Crippen MR) is 130 cm³/mol. The van der Waals surface area contributed by atoms with Gasteiger partial charge in [-0.25, -0.2) is 0 Å². The first kappa shape index (κ1) is 22.5. The molecular weight excluding hydrogens is 457 g/mol. The summed E-state index contributed by atoms with van der Waals surface area (Å²) >= 11 is 13.1. The molecule has 7 heteroatoms. The highest BCUT2D eigenvalue weighted by Crippen LogP contribution is 2.60. The molecule has 2 fully saturated rings. The minimum atomic E-state index is -0.490. The Labute approximate surface area is 203 Å². The number of aliphatic hydroxyl groups is 1. The molecule has 5 rings (SSSR count). The highest BCUT2D eigenvalue weighted by Gasteiger charge is 2.60. The smallest absolute Gasteiger partial charge is 0.226 e. The molecule has 1 saturated heterocycles. The van der Waals surface area contributed by atoms with Gasteiger partial charge in [0.05, 0.1) is 23.8 Å². The number of nitrogens with one attached hydrogen (secondary N) is 2. The fraction of sp³-hybridized carbons (Fsp3) is 0.385. The minimum Gasteiger partial charge on any atom is -0.394 e. The first-order valence-corrected chi connectivity index (χ1v) is 12.2. The van der Waals surface area contributed by atoms with Crippen LogP contribution >= 0.6 is 23.2 Å². The predicted octanol–water partition coefficient (Wildman–Crippen LogP) is 5.55. The summed E-state index contributed by atoms with van der Waals surface area (Å²) in [5, 5.41) is 21.7. The number of aliphatic hydroxyl groups excluding tert-OH is 1. The molecule has 5 atom stereocenters. The molecular formula is C26H27Cl2N3O2. The molecule has 1 aliphatic heterocycles. The molecule has 172 valence electrons. The molecule has 1 amide bonds. The minimum absolute atomic E-state index is 0.0163. The second-order valence-electron chi connectivity index (χ2n) is 9.23. The third kappa shape index (κ3) is 3.67. The van der Waals surface area contributed by atoms with Crippen LogP contribution in [0.15, 0.2) is 54.7 Å². The quantitative estimate of drug-likeness (QED) is 0.445. The van der Waals surface area contributed by atoms with Crippen LogP contribution in [-0.4, -0.2) is 33.9 Å². The number of aromatic amines is 1. The number of H-pyrrole nitrogens is 1. The molecule has 2 aliphatic rings. The normalized spacial score (nSPS) is 29.0. The Bertz CT molecular complexity index is 1150. The van der Waals surface area contributed by atoms with Crippen molar-refractivity contribution in [2.75, 3.05) is 6.61 Å². The lowest BCUT2D eigenvalue weighted by atomic mass is 9.54. The maximum atomic E-state index is 13.2. The largest absolute Gasteiger partial charge is 0.394 e. The molecule has 5 nitrogen and oxygen atoms in total. The lowest BCUT2D eigenvalue weighted by Gasteiger charge is -2.48. The van der Waals surface area contributed by atoms with Crippen molar-refractivity contribution in [3.8, 4) is 11.3 Å². The zero-order valence-corrected chi connectivity index (χ0v) is 19.9. The first-order valence-electron chi connectivity index (χ1n) is 11.4. The van der Waals surface area contributed by atoms with Crippen LogP contribution in [-0.2, 0) is 4.79 Å². The van der Waals surface area contributed by atoms with Crippen molar-refractivity contribution >= 4 is 29.1 Å². The zero-order valence-electron chi connectivity index (χ0n) is 18.4. The Hall–Kier alpha value is -2.34. The summed E-state index contributed by atoms with van der Waals surface area (Å²) in [6.45, 7) is 2.00. The summed E-state index contributed by atoms with van der Waals surface area (Å²) in [5.41, 5.74) is 3.60. The maximum Gasteiger partial charge on any atom is 0.226 e. The van der Waals surface area contributed by atoms with Crippen molar-refractivity contribution in [3.05, 3.63) is 75.9 Å². The van der Waals surface area contributed by atoms with Gasteiger partial charge < -0.3 is 10.4 Å². The average Bonchev–Trinajstić information content (AvgIpc) is 3.46. The number of amides is 1. The summed E-state index contributed by atoms with van der Waals surface area (Å²) in [7, 11) is 0. The van der Waals surface area contributed by atoms with E-state index in [9.17, 15) is 9.90 Å². The Balaban J connectivity index is 1.62. The number of hydrogen-bond donors (Lipinski definition) is 3. The van der Waals surface area contributed by atoms with Crippen molar-refractivity contribution in [1.82, 2.24) is 15.5 Å². The van der Waals surface area contributed by atoms with Gasteiger partial charge in [-0.1, -0.05) is 54.4 Å². The van der Waals surface area contributed by atoms with Crippen molar-refractivity contribution in [3.63, 3.8) is 0 Å². The van der Waals surface area contributed by atoms with Crippen LogP contribution in [0.3, 0.4) is 0 Å². The number of rotatable bonds is 5. The Morgan fingerprint density at radius 3 is 2.58 bits per heavy atom. The van der Waals surface area contributed by atoms with Gasteiger partial charge in [0, 0.05) is 27.7 Å². The average molecular weight is 484 g/mol. The van der Waals surface area contributed by atoms with E-state index in [2.05, 4.69) is 46.7 Å². The van der Waals surface area contributed by atoms with Crippen LogP contribution in [0, 0.1) is 11.3 Å². The van der Waals surface area contributed by atoms with E-state index in [-0.39, 0.29) is 36.3 Å². The highest BCUT2D eigenvalue weighted by atomic mass is 35.5. The van der Waals surface area contributed by atoms with Crippen molar-refractivity contribution in [2.24, 2.45) is 11.3 Å². The van der Waals surface area contributed by atoms with E-state index < -0.39 is 5.41 Å². The van der Waals surface area contributed by atoms with Gasteiger partial charge in [0.25, 0.3) is 0 Å². The summed E-state index contributed by atoms with van der Waals surface area (Å²) < 4.78 is 0. The van der Waals surface area contributed by atoms with Crippen LogP contribution in [0.1, 0.15) is 49.1 Å². The van der Waals surface area contributed by atoms with E-state index in [0.717, 1.165) is 41.6 Å². The van der Waals surface area contributed by atoms with E-state index in [1.165, 1.54) is 0 Å². The second kappa shape index (κ2) is 8.79. The molecule has 0 spiro atoms. The van der Waals surface area contributed by atoms with Gasteiger partial charge in [-0.2, -0.15) is 5.10 Å². The van der Waals surface area contributed by atoms with Gasteiger partial charge in [-0.15, -0.1) is 0 Å². The second-order valence-corrected chi connectivity index (χ2v) is 10.1. The fourth-order valence-corrected chi connectivity index (χ4v) is 6.72. The summed E-state index contributed by atoms with van der Waals surface area (Å²) in [6.07, 6.45) is 4.07.